The first-order chi connectivity index (χ1) is 21.2. The van der Waals surface area contributed by atoms with E-state index >= 15 is 4.39 Å². The van der Waals surface area contributed by atoms with E-state index in [1.54, 1.807) is 18.2 Å². The van der Waals surface area contributed by atoms with Crippen molar-refractivity contribution in [2.24, 2.45) is 5.92 Å². The Balaban J connectivity index is 0.974. The Morgan fingerprint density at radius 2 is 1.93 bits per heavy atom. The van der Waals surface area contributed by atoms with Crippen LogP contribution in [0.1, 0.15) is 66.1 Å². The molecular formula is C30H27Cl2FN4O5S2. The minimum atomic E-state index is -3.74. The summed E-state index contributed by atoms with van der Waals surface area (Å²) in [5.74, 6) is -0.0391. The van der Waals surface area contributed by atoms with Crippen molar-refractivity contribution >= 4 is 65.8 Å². The fourth-order valence-electron chi connectivity index (χ4n) is 6.46. The van der Waals surface area contributed by atoms with Gasteiger partial charge in [-0.05, 0) is 62.8 Å². The van der Waals surface area contributed by atoms with E-state index in [9.17, 15) is 13.2 Å². The minimum Gasteiger partial charge on any atom is -0.373 e. The number of benzene rings is 2. The number of thiazole rings is 1. The van der Waals surface area contributed by atoms with Crippen LogP contribution in [0.2, 0.25) is 10.0 Å². The third-order valence-electron chi connectivity index (χ3n) is 9.03. The Bertz CT molecular complexity index is 1900. The number of halogens is 3. The molecule has 1 saturated heterocycles. The molecule has 0 unspecified atom stereocenters. The fourth-order valence-corrected chi connectivity index (χ4v) is 9.44. The van der Waals surface area contributed by atoms with Gasteiger partial charge >= 0.3 is 0 Å². The molecule has 1 amide bonds. The van der Waals surface area contributed by atoms with Gasteiger partial charge in [-0.25, -0.2) is 22.5 Å². The SMILES string of the molecule is O=C(NS(=O)(=O)C1CC1)c1cc(F)c2nc(N3C[C@@H]4C[C@H]3C[C@H]4OCc3c(-c4c(Cl)cccc4Cl)noc3C3CC3)sc2c1. The number of fused-ring (bicyclic) bond motifs is 3. The second-order valence-electron chi connectivity index (χ2n) is 12.1. The van der Waals surface area contributed by atoms with Gasteiger partial charge in [0.15, 0.2) is 10.9 Å². The maximum Gasteiger partial charge on any atom is 0.264 e. The van der Waals surface area contributed by atoms with E-state index in [0.29, 0.717) is 63.0 Å². The van der Waals surface area contributed by atoms with E-state index in [1.807, 2.05) is 0 Å². The lowest BCUT2D eigenvalue weighted by molar-refractivity contribution is 0.0122. The fraction of sp³-hybridized carbons (Fsp3) is 0.433. The number of piperidine rings is 1. The first-order valence-electron chi connectivity index (χ1n) is 14.6. The quantitative estimate of drug-likeness (QED) is 0.209. The Morgan fingerprint density at radius 3 is 2.61 bits per heavy atom. The van der Waals surface area contributed by atoms with Crippen molar-refractivity contribution in [3.8, 4) is 11.3 Å². The van der Waals surface area contributed by atoms with Crippen molar-refractivity contribution in [3.63, 3.8) is 0 Å². The number of carbonyl (C=O) groups is 1. The number of aromatic nitrogens is 2. The van der Waals surface area contributed by atoms with Gasteiger partial charge in [-0.3, -0.25) is 4.79 Å². The molecule has 3 saturated carbocycles. The highest BCUT2D eigenvalue weighted by Gasteiger charge is 2.47. The molecule has 3 heterocycles. The minimum absolute atomic E-state index is 0.0302. The number of nitrogens with one attached hydrogen (secondary N) is 1. The highest BCUT2D eigenvalue weighted by atomic mass is 35.5. The Hall–Kier alpha value is -2.77. The third-order valence-corrected chi connectivity index (χ3v) is 12.5. The number of carbonyl (C=O) groups excluding carboxylic acids is 1. The summed E-state index contributed by atoms with van der Waals surface area (Å²) in [6.07, 6.45) is 4.91. The molecule has 2 aromatic heterocycles. The standard InChI is InChI=1S/C30H27Cl2FN4O5S2/c31-20-2-1-3-21(32)25(20)26-19(28(42-35-26)14-4-5-14)13-41-23-11-17-8-16(23)12-37(17)30-34-27-22(33)9-15(10-24(27)43-30)29(38)36-44(39,40)18-6-7-18/h1-3,9-10,14,16-18,23H,4-8,11-13H2,(H,36,38)/t16-,17-,23+/m0/s1. The first-order valence-corrected chi connectivity index (χ1v) is 17.7. The number of amides is 1. The smallest absolute Gasteiger partial charge is 0.264 e. The normalized spacial score (nSPS) is 23.2. The maximum atomic E-state index is 15.0. The number of rotatable bonds is 9. The summed E-state index contributed by atoms with van der Waals surface area (Å²) in [5.41, 5.74) is 2.31. The van der Waals surface area contributed by atoms with E-state index in [2.05, 4.69) is 19.8 Å². The Morgan fingerprint density at radius 1 is 1.16 bits per heavy atom. The van der Waals surface area contributed by atoms with Crippen molar-refractivity contribution < 1.29 is 26.9 Å². The van der Waals surface area contributed by atoms with Crippen LogP contribution in [-0.2, 0) is 21.4 Å². The van der Waals surface area contributed by atoms with Crippen molar-refractivity contribution in [2.75, 3.05) is 11.4 Å². The van der Waals surface area contributed by atoms with Gasteiger partial charge in [0, 0.05) is 41.1 Å². The summed E-state index contributed by atoms with van der Waals surface area (Å²) >= 11 is 14.3. The average Bonchev–Trinajstić information content (AvgIpc) is 3.86. The topological polar surface area (TPSA) is 115 Å². The number of sulfonamides is 1. The molecule has 4 aliphatic rings. The molecule has 2 bridgehead atoms. The van der Waals surface area contributed by atoms with Gasteiger partial charge in [-0.1, -0.05) is 45.8 Å². The van der Waals surface area contributed by atoms with E-state index < -0.39 is 27.0 Å². The summed E-state index contributed by atoms with van der Waals surface area (Å²) in [5, 5.41) is 5.51. The molecular weight excluding hydrogens is 650 g/mol. The van der Waals surface area contributed by atoms with Gasteiger partial charge in [0.05, 0.1) is 32.7 Å². The largest absolute Gasteiger partial charge is 0.373 e. The van der Waals surface area contributed by atoms with E-state index in [0.717, 1.165) is 43.1 Å². The number of hydrogen-bond acceptors (Lipinski definition) is 9. The van der Waals surface area contributed by atoms with Crippen LogP contribution in [-0.4, -0.2) is 48.4 Å². The molecule has 3 aliphatic carbocycles. The second-order valence-corrected chi connectivity index (χ2v) is 15.9. The number of anilines is 1. The first kappa shape index (κ1) is 28.7. The summed E-state index contributed by atoms with van der Waals surface area (Å²) in [7, 11) is -3.74. The molecule has 8 rings (SSSR count). The van der Waals surface area contributed by atoms with Crippen LogP contribution in [0, 0.1) is 11.7 Å². The van der Waals surface area contributed by atoms with E-state index in [4.69, 9.17) is 32.5 Å². The van der Waals surface area contributed by atoms with Gasteiger partial charge in [0.1, 0.15) is 17.0 Å². The lowest BCUT2D eigenvalue weighted by Crippen LogP contribution is -2.38. The van der Waals surface area contributed by atoms with Gasteiger partial charge < -0.3 is 14.2 Å². The zero-order chi connectivity index (χ0) is 30.3. The number of hydrogen-bond donors (Lipinski definition) is 1. The number of ether oxygens (including phenoxy) is 1. The lowest BCUT2D eigenvalue weighted by atomic mass is 10.0. The zero-order valence-corrected chi connectivity index (χ0v) is 26.4. The van der Waals surface area contributed by atoms with Crippen LogP contribution in [0.5, 0.6) is 0 Å². The van der Waals surface area contributed by atoms with E-state index in [-0.39, 0.29) is 29.1 Å². The highest BCUT2D eigenvalue weighted by Crippen LogP contribution is 2.48. The summed E-state index contributed by atoms with van der Waals surface area (Å²) in [6.45, 7) is 1.06. The second kappa shape index (κ2) is 10.7. The Labute approximate surface area is 266 Å². The van der Waals surface area contributed by atoms with Crippen LogP contribution in [0.25, 0.3) is 21.5 Å². The van der Waals surface area contributed by atoms with Crippen LogP contribution >= 0.6 is 34.5 Å². The predicted molar refractivity (Wildman–Crippen MR) is 165 cm³/mol. The van der Waals surface area contributed by atoms with Crippen molar-refractivity contribution in [1.82, 2.24) is 14.9 Å². The molecule has 0 spiro atoms. The highest BCUT2D eigenvalue weighted by molar-refractivity contribution is 7.91. The molecule has 1 aliphatic heterocycles. The summed E-state index contributed by atoms with van der Waals surface area (Å²) in [4.78, 5) is 19.4. The molecule has 230 valence electrons. The van der Waals surface area contributed by atoms with Crippen molar-refractivity contribution in [3.05, 3.63) is 63.1 Å². The van der Waals surface area contributed by atoms with Crippen LogP contribution in [0.3, 0.4) is 0 Å². The molecule has 2 aromatic carbocycles. The molecule has 14 heteroatoms. The van der Waals surface area contributed by atoms with Gasteiger partial charge in [-0.15, -0.1) is 0 Å². The summed E-state index contributed by atoms with van der Waals surface area (Å²) in [6, 6.07) is 8.11. The van der Waals surface area contributed by atoms with Crippen molar-refractivity contribution in [2.45, 2.75) is 68.4 Å². The maximum absolute atomic E-state index is 15.0. The molecule has 4 aromatic rings. The molecule has 9 nitrogen and oxygen atoms in total. The van der Waals surface area contributed by atoms with Crippen LogP contribution in [0.4, 0.5) is 9.52 Å². The van der Waals surface area contributed by atoms with Gasteiger partial charge in [0.2, 0.25) is 10.0 Å². The van der Waals surface area contributed by atoms with Crippen molar-refractivity contribution in [1.29, 1.82) is 0 Å². The lowest BCUT2D eigenvalue weighted by Gasteiger charge is -2.31. The summed E-state index contributed by atoms with van der Waals surface area (Å²) < 4.78 is 54.3. The Kier molecular flexibility index (Phi) is 6.95. The van der Waals surface area contributed by atoms with E-state index in [1.165, 1.54) is 17.4 Å². The number of nitrogens with zero attached hydrogens (tertiary/aromatic N) is 3. The van der Waals surface area contributed by atoms with Gasteiger partial charge in [-0.2, -0.15) is 0 Å². The molecule has 44 heavy (non-hydrogen) atoms. The van der Waals surface area contributed by atoms with Crippen LogP contribution in [0.15, 0.2) is 34.9 Å². The zero-order valence-electron chi connectivity index (χ0n) is 23.3. The third kappa shape index (κ3) is 5.08. The average molecular weight is 678 g/mol. The van der Waals surface area contributed by atoms with Gasteiger partial charge in [0.25, 0.3) is 5.91 Å². The van der Waals surface area contributed by atoms with Crippen LogP contribution < -0.4 is 9.62 Å². The molecule has 4 fully saturated rings. The monoisotopic (exact) mass is 676 g/mol. The molecule has 1 N–H and O–H groups in total. The predicted octanol–water partition coefficient (Wildman–Crippen LogP) is 6.68. The molecule has 3 atom stereocenters. The molecule has 0 radical (unpaired) electrons.